The van der Waals surface area contributed by atoms with Crippen molar-refractivity contribution in [1.29, 1.82) is 0 Å². The van der Waals surface area contributed by atoms with Gasteiger partial charge in [0.05, 0.1) is 0 Å². The third-order valence-corrected chi connectivity index (χ3v) is 2.13. The Kier molecular flexibility index (Phi) is 3.93. The van der Waals surface area contributed by atoms with Crippen molar-refractivity contribution in [2.24, 2.45) is 0 Å². The first-order valence-electron chi connectivity index (χ1n) is 4.70. The van der Waals surface area contributed by atoms with Crippen LogP contribution in [-0.2, 0) is 0 Å². The quantitative estimate of drug-likeness (QED) is 0.475. The Morgan fingerprint density at radius 3 is 2.12 bits per heavy atom. The lowest BCUT2D eigenvalue weighted by atomic mass is 10.2. The van der Waals surface area contributed by atoms with Gasteiger partial charge in [0.25, 0.3) is 0 Å². The summed E-state index contributed by atoms with van der Waals surface area (Å²) in [7, 11) is 0. The largest absolute Gasteiger partial charge is 0.376 e. The van der Waals surface area contributed by atoms with Crippen LogP contribution < -0.4 is 5.32 Å². The minimum atomic E-state index is -1.43. The maximum atomic E-state index is 13.1. The highest BCUT2D eigenvalue weighted by Crippen LogP contribution is 2.24. The maximum absolute atomic E-state index is 13.1. The Balaban J connectivity index is 2.99. The minimum Gasteiger partial charge on any atom is -0.376 e. The standard InChI is InChI=1S/C11H11F4N/c1-3-6(2)5-16-11-9(14)7(12)4-8(13)10(11)15/h4,16H,2-3,5H2,1H3. The van der Waals surface area contributed by atoms with Crippen LogP contribution in [0.15, 0.2) is 18.2 Å². The van der Waals surface area contributed by atoms with Crippen LogP contribution in [0.25, 0.3) is 0 Å². The number of rotatable bonds is 4. The molecule has 0 aliphatic rings. The highest BCUT2D eigenvalue weighted by molar-refractivity contribution is 5.48. The van der Waals surface area contributed by atoms with Crippen LogP contribution in [0.3, 0.4) is 0 Å². The number of hydrogen-bond acceptors (Lipinski definition) is 1. The van der Waals surface area contributed by atoms with Crippen molar-refractivity contribution in [1.82, 2.24) is 0 Å². The smallest absolute Gasteiger partial charge is 0.185 e. The summed E-state index contributed by atoms with van der Waals surface area (Å²) in [6, 6.07) is 0.171. The van der Waals surface area contributed by atoms with Gasteiger partial charge in [-0.3, -0.25) is 0 Å². The lowest BCUT2D eigenvalue weighted by molar-refractivity contribution is 0.458. The first kappa shape index (κ1) is 12.5. The Hall–Kier alpha value is -1.52. The molecule has 5 heteroatoms. The number of anilines is 1. The van der Waals surface area contributed by atoms with Gasteiger partial charge in [0, 0.05) is 12.6 Å². The molecule has 0 unspecified atom stereocenters. The van der Waals surface area contributed by atoms with E-state index in [-0.39, 0.29) is 12.6 Å². The molecule has 0 aromatic heterocycles. The second kappa shape index (κ2) is 5.01. The molecule has 0 fully saturated rings. The Morgan fingerprint density at radius 1 is 1.19 bits per heavy atom. The van der Waals surface area contributed by atoms with Gasteiger partial charge in [-0.15, -0.1) is 0 Å². The molecule has 1 aromatic rings. The number of hydrogen-bond donors (Lipinski definition) is 1. The van der Waals surface area contributed by atoms with Crippen molar-refractivity contribution in [3.8, 4) is 0 Å². The number of benzene rings is 1. The Labute approximate surface area is 90.8 Å². The summed E-state index contributed by atoms with van der Waals surface area (Å²) in [5.74, 6) is -5.71. The Morgan fingerprint density at radius 2 is 1.69 bits per heavy atom. The van der Waals surface area contributed by atoms with Gasteiger partial charge in [0.15, 0.2) is 23.3 Å². The molecule has 0 aliphatic heterocycles. The van der Waals surface area contributed by atoms with Gasteiger partial charge in [-0.05, 0) is 6.42 Å². The third kappa shape index (κ3) is 2.53. The van der Waals surface area contributed by atoms with E-state index in [0.717, 1.165) is 0 Å². The lowest BCUT2D eigenvalue weighted by Gasteiger charge is -2.10. The van der Waals surface area contributed by atoms with Crippen molar-refractivity contribution in [2.75, 3.05) is 11.9 Å². The second-order valence-electron chi connectivity index (χ2n) is 3.30. The molecule has 0 aliphatic carbocycles. The van der Waals surface area contributed by atoms with E-state index in [0.29, 0.717) is 12.0 Å². The van der Waals surface area contributed by atoms with E-state index in [1.165, 1.54) is 0 Å². The van der Waals surface area contributed by atoms with E-state index in [2.05, 4.69) is 11.9 Å². The topological polar surface area (TPSA) is 12.0 Å². The van der Waals surface area contributed by atoms with Crippen molar-refractivity contribution < 1.29 is 17.6 Å². The first-order chi connectivity index (χ1) is 7.47. The fourth-order valence-electron chi connectivity index (χ4n) is 1.07. The predicted octanol–water partition coefficient (Wildman–Crippen LogP) is 3.62. The van der Waals surface area contributed by atoms with Crippen molar-refractivity contribution in [2.45, 2.75) is 13.3 Å². The third-order valence-electron chi connectivity index (χ3n) is 2.13. The number of nitrogens with one attached hydrogen (secondary N) is 1. The molecule has 1 N–H and O–H groups in total. The summed E-state index contributed by atoms with van der Waals surface area (Å²) in [4.78, 5) is 0. The highest BCUT2D eigenvalue weighted by atomic mass is 19.2. The van der Waals surface area contributed by atoms with Gasteiger partial charge in [-0.25, -0.2) is 17.6 Å². The Bertz CT molecular complexity index is 389. The van der Waals surface area contributed by atoms with Gasteiger partial charge in [-0.2, -0.15) is 0 Å². The fraction of sp³-hybridized carbons (Fsp3) is 0.273. The average Bonchev–Trinajstić information content (AvgIpc) is 2.26. The summed E-state index contributed by atoms with van der Waals surface area (Å²) in [6.07, 6.45) is 0.605. The van der Waals surface area contributed by atoms with Gasteiger partial charge < -0.3 is 5.32 Å². The summed E-state index contributed by atoms with van der Waals surface area (Å²) < 4.78 is 51.8. The van der Waals surface area contributed by atoms with Crippen LogP contribution in [0.5, 0.6) is 0 Å². The molecule has 0 atom stereocenters. The molecule has 0 bridgehead atoms. The second-order valence-corrected chi connectivity index (χ2v) is 3.30. The molecule has 1 nitrogen and oxygen atoms in total. The molecule has 0 heterocycles. The minimum absolute atomic E-state index is 0.0627. The van der Waals surface area contributed by atoms with E-state index in [4.69, 9.17) is 0 Å². The van der Waals surface area contributed by atoms with Crippen LogP contribution >= 0.6 is 0 Å². The zero-order valence-corrected chi connectivity index (χ0v) is 8.71. The normalized spacial score (nSPS) is 10.3. The van der Waals surface area contributed by atoms with Crippen molar-refractivity contribution >= 4 is 5.69 Å². The van der Waals surface area contributed by atoms with Crippen LogP contribution in [0.2, 0.25) is 0 Å². The van der Waals surface area contributed by atoms with Crippen LogP contribution in [0.1, 0.15) is 13.3 Å². The molecule has 88 valence electrons. The summed E-state index contributed by atoms with van der Waals surface area (Å²) in [5.41, 5.74) is -0.129. The molecular weight excluding hydrogens is 222 g/mol. The monoisotopic (exact) mass is 233 g/mol. The zero-order valence-electron chi connectivity index (χ0n) is 8.71. The lowest BCUT2D eigenvalue weighted by Crippen LogP contribution is -2.09. The molecule has 0 saturated carbocycles. The van der Waals surface area contributed by atoms with Crippen LogP contribution in [-0.4, -0.2) is 6.54 Å². The summed E-state index contributed by atoms with van der Waals surface area (Å²) in [6.45, 7) is 5.47. The van der Waals surface area contributed by atoms with Crippen LogP contribution in [0, 0.1) is 23.3 Å². The van der Waals surface area contributed by atoms with Crippen molar-refractivity contribution in [3.05, 3.63) is 41.5 Å². The van der Waals surface area contributed by atoms with Crippen LogP contribution in [0.4, 0.5) is 23.2 Å². The summed E-state index contributed by atoms with van der Waals surface area (Å²) in [5, 5.41) is 2.28. The molecule has 0 amide bonds. The van der Waals surface area contributed by atoms with E-state index in [9.17, 15) is 17.6 Å². The van der Waals surface area contributed by atoms with Crippen molar-refractivity contribution in [3.63, 3.8) is 0 Å². The zero-order chi connectivity index (χ0) is 12.3. The highest BCUT2D eigenvalue weighted by Gasteiger charge is 2.18. The van der Waals surface area contributed by atoms with E-state index >= 15 is 0 Å². The molecular formula is C11H11F4N. The molecule has 16 heavy (non-hydrogen) atoms. The van der Waals surface area contributed by atoms with E-state index < -0.39 is 29.0 Å². The maximum Gasteiger partial charge on any atom is 0.185 e. The summed E-state index contributed by atoms with van der Waals surface area (Å²) >= 11 is 0. The molecule has 0 spiro atoms. The first-order valence-corrected chi connectivity index (χ1v) is 4.70. The van der Waals surface area contributed by atoms with Gasteiger partial charge in [0.2, 0.25) is 0 Å². The number of halogens is 4. The molecule has 1 rings (SSSR count). The van der Waals surface area contributed by atoms with E-state index in [1.807, 2.05) is 6.92 Å². The van der Waals surface area contributed by atoms with Gasteiger partial charge in [-0.1, -0.05) is 19.1 Å². The molecule has 1 aromatic carbocycles. The fourth-order valence-corrected chi connectivity index (χ4v) is 1.07. The van der Waals surface area contributed by atoms with Gasteiger partial charge >= 0.3 is 0 Å². The molecule has 0 radical (unpaired) electrons. The SMILES string of the molecule is C=C(CC)CNc1c(F)c(F)cc(F)c1F. The molecule has 0 saturated heterocycles. The average molecular weight is 233 g/mol. The van der Waals surface area contributed by atoms with Gasteiger partial charge in [0.1, 0.15) is 5.69 Å². The predicted molar refractivity (Wildman–Crippen MR) is 54.2 cm³/mol. The van der Waals surface area contributed by atoms with E-state index in [1.54, 1.807) is 0 Å².